The molecule has 0 unspecified atom stereocenters. The van der Waals surface area contributed by atoms with Crippen LogP contribution in [0.4, 0.5) is 9.59 Å². The summed E-state index contributed by atoms with van der Waals surface area (Å²) in [5.74, 6) is 0. The van der Waals surface area contributed by atoms with Crippen LogP contribution in [0.5, 0.6) is 0 Å². The highest BCUT2D eigenvalue weighted by Crippen LogP contribution is 2.32. The molecule has 0 aromatic heterocycles. The quantitative estimate of drug-likeness (QED) is 0.549. The van der Waals surface area contributed by atoms with Crippen molar-refractivity contribution in [1.82, 2.24) is 20.2 Å². The van der Waals surface area contributed by atoms with E-state index in [1.165, 1.54) is 11.9 Å². The van der Waals surface area contributed by atoms with Gasteiger partial charge in [-0.25, -0.2) is 9.59 Å². The van der Waals surface area contributed by atoms with Crippen LogP contribution in [0.1, 0.15) is 20.8 Å². The molecule has 0 bridgehead atoms. The smallest absolute Gasteiger partial charge is 0.339 e. The molecule has 0 saturated carbocycles. The van der Waals surface area contributed by atoms with Gasteiger partial charge in [-0.2, -0.15) is 5.06 Å². The lowest BCUT2D eigenvalue weighted by molar-refractivity contribution is -0.129. The molecule has 1 heterocycles. The van der Waals surface area contributed by atoms with Crippen LogP contribution in [-0.2, 0) is 0 Å². The number of carbonyl (C=O) groups excluding carboxylic acids is 2. The average Bonchev–Trinajstić information content (AvgIpc) is 2.43. The minimum Gasteiger partial charge on any atom is -0.339 e. The Hall–Kier alpha value is -1.50. The van der Waals surface area contributed by atoms with E-state index in [0.717, 1.165) is 0 Å². The van der Waals surface area contributed by atoms with E-state index in [9.17, 15) is 14.8 Å². The second kappa shape index (κ2) is 4.40. The number of hydrogen-bond acceptors (Lipinski definition) is 3. The van der Waals surface area contributed by atoms with Crippen LogP contribution >= 0.6 is 0 Å². The predicted octanol–water partition coefficient (Wildman–Crippen LogP) is 0.509. The van der Waals surface area contributed by atoms with E-state index in [-0.39, 0.29) is 6.03 Å². The molecular formula is C10H20N4O3. The van der Waals surface area contributed by atoms with Crippen molar-refractivity contribution in [3.63, 3.8) is 0 Å². The van der Waals surface area contributed by atoms with Crippen molar-refractivity contribution in [2.45, 2.75) is 32.5 Å². The molecule has 0 aliphatic carbocycles. The third-order valence-corrected chi connectivity index (χ3v) is 3.20. The summed E-state index contributed by atoms with van der Waals surface area (Å²) in [5, 5.41) is 12.7. The fraction of sp³-hybridized carbons (Fsp3) is 0.800. The van der Waals surface area contributed by atoms with Crippen LogP contribution in [0.2, 0.25) is 0 Å². The number of likely N-dealkylation sites (N-methyl/N-ethyl adjacent to an activating group) is 2. The summed E-state index contributed by atoms with van der Waals surface area (Å²) in [4.78, 5) is 26.4. The van der Waals surface area contributed by atoms with Crippen molar-refractivity contribution in [2.24, 2.45) is 0 Å². The number of amides is 4. The molecule has 4 amide bonds. The van der Waals surface area contributed by atoms with Gasteiger partial charge in [0.15, 0.2) is 6.17 Å². The zero-order valence-corrected chi connectivity index (χ0v) is 10.9. The zero-order valence-electron chi connectivity index (χ0n) is 10.9. The number of rotatable bonds is 2. The van der Waals surface area contributed by atoms with Gasteiger partial charge in [-0.3, -0.25) is 5.21 Å². The minimum atomic E-state index is -0.713. The molecule has 1 fully saturated rings. The van der Waals surface area contributed by atoms with Crippen molar-refractivity contribution in [3.05, 3.63) is 0 Å². The third kappa shape index (κ3) is 1.90. The van der Waals surface area contributed by atoms with Crippen molar-refractivity contribution < 1.29 is 14.8 Å². The van der Waals surface area contributed by atoms with Crippen LogP contribution in [0, 0.1) is 0 Å². The Morgan fingerprint density at radius 1 is 1.59 bits per heavy atom. The van der Waals surface area contributed by atoms with Crippen LogP contribution in [0.15, 0.2) is 0 Å². The van der Waals surface area contributed by atoms with Gasteiger partial charge in [0.1, 0.15) is 0 Å². The Kier molecular flexibility index (Phi) is 3.51. The zero-order chi connectivity index (χ0) is 13.4. The van der Waals surface area contributed by atoms with Gasteiger partial charge in [-0.1, -0.05) is 0 Å². The van der Waals surface area contributed by atoms with Gasteiger partial charge < -0.3 is 15.1 Å². The van der Waals surface area contributed by atoms with E-state index in [1.807, 2.05) is 20.8 Å². The normalized spacial score (nSPS) is 22.9. The highest BCUT2D eigenvalue weighted by molar-refractivity contribution is 5.80. The number of carbonyl (C=O) groups is 2. The Balaban J connectivity index is 3.07. The molecule has 0 spiro atoms. The molecule has 1 aliphatic rings. The lowest BCUT2D eigenvalue weighted by Gasteiger charge is -2.37. The first-order chi connectivity index (χ1) is 7.78. The molecule has 7 nitrogen and oxygen atoms in total. The number of nitrogens with one attached hydrogen (secondary N) is 1. The van der Waals surface area contributed by atoms with E-state index in [4.69, 9.17) is 0 Å². The van der Waals surface area contributed by atoms with E-state index >= 15 is 0 Å². The molecule has 0 radical (unpaired) electrons. The Labute approximate surface area is 101 Å². The molecular weight excluding hydrogens is 224 g/mol. The molecule has 0 aromatic carbocycles. The molecule has 1 saturated heterocycles. The summed E-state index contributed by atoms with van der Waals surface area (Å²) in [6.07, 6.45) is -0.713. The van der Waals surface area contributed by atoms with Gasteiger partial charge in [0.25, 0.3) is 0 Å². The Bertz CT molecular complexity index is 332. The van der Waals surface area contributed by atoms with Crippen molar-refractivity contribution >= 4 is 12.1 Å². The molecule has 17 heavy (non-hydrogen) atoms. The molecule has 98 valence electrons. The Morgan fingerprint density at radius 3 is 2.47 bits per heavy atom. The lowest BCUT2D eigenvalue weighted by Crippen LogP contribution is -2.57. The third-order valence-electron chi connectivity index (χ3n) is 3.20. The summed E-state index contributed by atoms with van der Waals surface area (Å²) in [6, 6.07) is -0.842. The summed E-state index contributed by atoms with van der Waals surface area (Å²) < 4.78 is 0. The maximum absolute atomic E-state index is 12.0. The number of nitrogens with zero attached hydrogens (tertiary/aromatic N) is 3. The van der Waals surface area contributed by atoms with Gasteiger partial charge >= 0.3 is 12.1 Å². The minimum absolute atomic E-state index is 0.203. The number of urea groups is 2. The van der Waals surface area contributed by atoms with Gasteiger partial charge in [0.2, 0.25) is 0 Å². The first-order valence-corrected chi connectivity index (χ1v) is 5.53. The number of hydroxylamine groups is 2. The van der Waals surface area contributed by atoms with E-state index < -0.39 is 17.7 Å². The second-order valence-electron chi connectivity index (χ2n) is 4.56. The molecule has 1 aliphatic heterocycles. The van der Waals surface area contributed by atoms with E-state index in [1.54, 1.807) is 11.9 Å². The lowest BCUT2D eigenvalue weighted by atomic mass is 10.0. The average molecular weight is 244 g/mol. The summed E-state index contributed by atoms with van der Waals surface area (Å²) in [6.45, 7) is 6.01. The number of hydrogen-bond donors (Lipinski definition) is 2. The van der Waals surface area contributed by atoms with Crippen LogP contribution in [-0.4, -0.2) is 64.5 Å². The highest BCUT2D eigenvalue weighted by atomic mass is 16.5. The van der Waals surface area contributed by atoms with Crippen molar-refractivity contribution in [1.29, 1.82) is 0 Å². The van der Waals surface area contributed by atoms with Gasteiger partial charge in [0.05, 0.1) is 5.54 Å². The van der Waals surface area contributed by atoms with Crippen LogP contribution in [0.3, 0.4) is 0 Å². The summed E-state index contributed by atoms with van der Waals surface area (Å²) in [5.41, 5.74) is -0.651. The van der Waals surface area contributed by atoms with Crippen LogP contribution in [0.25, 0.3) is 0 Å². The fourth-order valence-electron chi connectivity index (χ4n) is 2.39. The highest BCUT2D eigenvalue weighted by Gasteiger charge is 2.53. The summed E-state index contributed by atoms with van der Waals surface area (Å²) >= 11 is 0. The topological polar surface area (TPSA) is 76.1 Å². The molecule has 0 aromatic rings. The maximum atomic E-state index is 12.0. The SMILES string of the molecule is CCN1C(=O)N(C)[C@H](N(O)C(=O)NC)C1(C)C. The predicted molar refractivity (Wildman–Crippen MR) is 61.5 cm³/mol. The molecule has 1 rings (SSSR count). The van der Waals surface area contributed by atoms with E-state index in [2.05, 4.69) is 5.32 Å². The van der Waals surface area contributed by atoms with Crippen molar-refractivity contribution in [3.8, 4) is 0 Å². The summed E-state index contributed by atoms with van der Waals surface area (Å²) in [7, 11) is 2.99. The second-order valence-corrected chi connectivity index (χ2v) is 4.56. The first kappa shape index (κ1) is 13.6. The fourth-order valence-corrected chi connectivity index (χ4v) is 2.39. The van der Waals surface area contributed by atoms with Gasteiger partial charge in [0, 0.05) is 20.6 Å². The maximum Gasteiger partial charge on any atom is 0.342 e. The first-order valence-electron chi connectivity index (χ1n) is 5.53. The van der Waals surface area contributed by atoms with Gasteiger partial charge in [-0.05, 0) is 20.8 Å². The van der Waals surface area contributed by atoms with Crippen LogP contribution < -0.4 is 5.32 Å². The molecule has 7 heteroatoms. The Morgan fingerprint density at radius 2 is 2.12 bits per heavy atom. The van der Waals surface area contributed by atoms with Crippen molar-refractivity contribution in [2.75, 3.05) is 20.6 Å². The van der Waals surface area contributed by atoms with E-state index in [0.29, 0.717) is 11.6 Å². The monoisotopic (exact) mass is 244 g/mol. The standard InChI is InChI=1S/C10H20N4O3/c1-6-13-9(16)12(5)7(10(13,2)3)14(17)8(15)11-4/h7,17H,6H2,1-5H3,(H,11,15)/t7-/m1/s1. The molecule has 2 N–H and O–H groups in total. The largest absolute Gasteiger partial charge is 0.342 e. The molecule has 1 atom stereocenters. The van der Waals surface area contributed by atoms with Gasteiger partial charge in [-0.15, -0.1) is 0 Å².